The van der Waals surface area contributed by atoms with Gasteiger partial charge in [0.2, 0.25) is 0 Å². The van der Waals surface area contributed by atoms with Gasteiger partial charge in [-0.3, -0.25) is 0 Å². The third-order valence-electron chi connectivity index (χ3n) is 6.37. The Balaban J connectivity index is 1.58. The zero-order valence-electron chi connectivity index (χ0n) is 22.1. The molecule has 1 aromatic heterocycles. The molecule has 0 amide bonds. The average molecular weight is 610 g/mol. The molecule has 1 atom stereocenters. The van der Waals surface area contributed by atoms with E-state index in [0.717, 1.165) is 37.4 Å². The Morgan fingerprint density at radius 1 is 0.571 bits per heavy atom. The molecule has 0 radical (unpaired) electrons. The lowest BCUT2D eigenvalue weighted by molar-refractivity contribution is -1.91. The van der Waals surface area contributed by atoms with Gasteiger partial charge >= 0.3 is 0 Å². The zero-order chi connectivity index (χ0) is 28.9. The van der Waals surface area contributed by atoms with Crippen molar-refractivity contribution in [3.63, 3.8) is 0 Å². The van der Waals surface area contributed by atoms with Crippen LogP contribution in [0.5, 0.6) is 0 Å². The number of allylic oxidation sites excluding steroid dienone is 2. The number of halogens is 1. The minimum Gasteiger partial charge on any atom is -0.249 e. The minimum atomic E-state index is -4.70. The highest BCUT2D eigenvalue weighted by molar-refractivity contribution is 8.20. The van der Waals surface area contributed by atoms with Crippen LogP contribution in [0.2, 0.25) is 0 Å². The van der Waals surface area contributed by atoms with E-state index in [1.54, 1.807) is 23.5 Å². The summed E-state index contributed by atoms with van der Waals surface area (Å²) in [6, 6.07) is 43.1. The second-order valence-electron chi connectivity index (χ2n) is 9.27. The summed E-state index contributed by atoms with van der Waals surface area (Å²) < 4.78 is 40.9. The molecular weight excluding hydrogens is 586 g/mol. The maximum absolute atomic E-state index is 11.9. The second kappa shape index (κ2) is 12.5. The first-order valence-corrected chi connectivity index (χ1v) is 16.2. The molecule has 8 heteroatoms. The Bertz CT molecular complexity index is 1800. The zero-order valence-corrected chi connectivity index (χ0v) is 24.5. The summed E-state index contributed by atoms with van der Waals surface area (Å²) in [7, 11) is -6.21. The summed E-state index contributed by atoms with van der Waals surface area (Å²) in [4.78, 5) is 8.28. The maximum Gasteiger partial charge on any atom is 0.148 e. The van der Waals surface area contributed by atoms with Crippen LogP contribution in [0.1, 0.15) is 11.1 Å². The standard InChI is InChI=1S/C34H24ClNO4S2/c37-35(38,39)40-42-33(27-17-9-3-10-18-27)23-30(24-34(42)28-19-11-4-12-20-28)36-29-21-31(25-13-5-1-6-14-25)41-32(22-29)26-15-7-2-8-16-26/h1-24H. The van der Waals surface area contributed by atoms with Gasteiger partial charge < -0.3 is 0 Å². The first-order chi connectivity index (χ1) is 20.4. The van der Waals surface area contributed by atoms with Crippen molar-refractivity contribution in [3.05, 3.63) is 168 Å². The number of hydrogen-bond acceptors (Lipinski definition) is 6. The van der Waals surface area contributed by atoms with E-state index in [9.17, 15) is 14.0 Å². The highest BCUT2D eigenvalue weighted by atomic mass is 35.7. The molecule has 6 rings (SSSR count). The molecule has 0 N–H and O–H groups in total. The predicted octanol–water partition coefficient (Wildman–Crippen LogP) is 5.24. The summed E-state index contributed by atoms with van der Waals surface area (Å²) >= 11 is 1.69. The maximum atomic E-state index is 11.9. The summed E-state index contributed by atoms with van der Waals surface area (Å²) in [5.74, 6) is 0. The fourth-order valence-electron chi connectivity index (χ4n) is 4.52. The van der Waals surface area contributed by atoms with Gasteiger partial charge in [-0.05, 0) is 46.5 Å². The van der Waals surface area contributed by atoms with E-state index in [1.807, 2.05) is 97.1 Å². The average Bonchev–Trinajstić information content (AvgIpc) is 3.02. The van der Waals surface area contributed by atoms with Gasteiger partial charge in [0.25, 0.3) is 0 Å². The number of rotatable bonds is 7. The lowest BCUT2D eigenvalue weighted by atomic mass is 10.1. The monoisotopic (exact) mass is 609 g/mol. The van der Waals surface area contributed by atoms with Crippen LogP contribution in [0.3, 0.4) is 0 Å². The smallest absolute Gasteiger partial charge is 0.148 e. The van der Waals surface area contributed by atoms with Gasteiger partial charge in [0.1, 0.15) is 14.5 Å². The molecule has 1 unspecified atom stereocenters. The summed E-state index contributed by atoms with van der Waals surface area (Å²) in [6.07, 6.45) is 3.60. The molecule has 4 aromatic carbocycles. The van der Waals surface area contributed by atoms with Gasteiger partial charge in [-0.15, -0.1) is 11.3 Å². The molecule has 0 aliphatic carbocycles. The molecule has 0 saturated carbocycles. The highest BCUT2D eigenvalue weighted by Gasteiger charge is 2.31. The van der Waals surface area contributed by atoms with Crippen LogP contribution in [0.25, 0.3) is 25.8 Å². The van der Waals surface area contributed by atoms with Gasteiger partial charge in [-0.1, -0.05) is 121 Å². The fourth-order valence-corrected chi connectivity index (χ4v) is 8.18. The van der Waals surface area contributed by atoms with E-state index in [0.29, 0.717) is 15.5 Å². The Kier molecular flexibility index (Phi) is 8.41. The molecule has 0 saturated heterocycles. The van der Waals surface area contributed by atoms with E-state index >= 15 is 0 Å². The van der Waals surface area contributed by atoms with E-state index in [4.69, 9.17) is 8.73 Å². The quantitative estimate of drug-likeness (QED) is 0.236. The van der Waals surface area contributed by atoms with Crippen LogP contribution in [0.4, 0.5) is 0 Å². The normalized spacial score (nSPS) is 15.1. The molecule has 2 heterocycles. The van der Waals surface area contributed by atoms with Crippen molar-refractivity contribution in [3.8, 4) is 20.9 Å². The van der Waals surface area contributed by atoms with Crippen molar-refractivity contribution in [2.45, 2.75) is 0 Å². The predicted molar refractivity (Wildman–Crippen MR) is 162 cm³/mol. The van der Waals surface area contributed by atoms with Crippen molar-refractivity contribution in [1.29, 1.82) is 0 Å². The lowest BCUT2D eigenvalue weighted by Crippen LogP contribution is -2.60. The first-order valence-electron chi connectivity index (χ1n) is 13.0. The molecule has 0 spiro atoms. The van der Waals surface area contributed by atoms with Crippen molar-refractivity contribution < 1.29 is 28.0 Å². The van der Waals surface area contributed by atoms with Gasteiger partial charge in [-0.25, -0.2) is 4.99 Å². The van der Waals surface area contributed by atoms with Crippen molar-refractivity contribution in [2.24, 2.45) is 4.99 Å². The van der Waals surface area contributed by atoms with Crippen molar-refractivity contribution >= 4 is 31.9 Å². The van der Waals surface area contributed by atoms with E-state index in [-0.39, 0.29) is 0 Å². The lowest BCUT2D eigenvalue weighted by Gasteiger charge is -2.21. The molecule has 0 bridgehead atoms. The number of hydrogen-bond donors (Lipinski definition) is 0. The van der Waals surface area contributed by atoms with Crippen molar-refractivity contribution in [2.75, 3.05) is 0 Å². The van der Waals surface area contributed by atoms with Crippen LogP contribution >= 0.6 is 22.1 Å². The van der Waals surface area contributed by atoms with Crippen LogP contribution < -0.4 is 19.3 Å². The second-order valence-corrected chi connectivity index (χ2v) is 13.0. The Morgan fingerprint density at radius 3 is 1.50 bits per heavy atom. The topological polar surface area (TPSA) is 90.8 Å². The Labute approximate surface area is 252 Å². The molecule has 208 valence electrons. The molecule has 5 nitrogen and oxygen atoms in total. The van der Waals surface area contributed by atoms with Gasteiger partial charge in [0, 0.05) is 9.75 Å². The highest BCUT2D eigenvalue weighted by Crippen LogP contribution is 2.43. The molecule has 0 fully saturated rings. The number of benzene rings is 4. The van der Waals surface area contributed by atoms with E-state index in [2.05, 4.69) is 36.4 Å². The molecule has 5 aromatic rings. The van der Waals surface area contributed by atoms with Gasteiger partial charge in [-0.2, -0.15) is 14.0 Å². The number of nitrogens with zero attached hydrogens (tertiary/aromatic N) is 1. The molecule has 1 aliphatic rings. The minimum absolute atomic E-state index is 0.549. The summed E-state index contributed by atoms with van der Waals surface area (Å²) in [5.41, 5.74) is 4.24. The Morgan fingerprint density at radius 2 is 1.02 bits per heavy atom. The van der Waals surface area contributed by atoms with Gasteiger partial charge in [0.05, 0.1) is 31.1 Å². The van der Waals surface area contributed by atoms with Crippen LogP contribution in [-0.2, 0) is 3.74 Å². The summed E-state index contributed by atoms with van der Waals surface area (Å²) in [6.45, 7) is 0. The third-order valence-corrected chi connectivity index (χ3v) is 10.1. The van der Waals surface area contributed by atoms with Gasteiger partial charge in [0.15, 0.2) is 0 Å². The molecule has 42 heavy (non-hydrogen) atoms. The van der Waals surface area contributed by atoms with Crippen LogP contribution in [0, 0.1) is 10.2 Å². The third kappa shape index (κ3) is 6.75. The molecule has 1 aliphatic heterocycles. The fraction of sp³-hybridized carbons (Fsp3) is 0. The van der Waals surface area contributed by atoms with E-state index < -0.39 is 21.0 Å². The largest absolute Gasteiger partial charge is 0.249 e. The first kappa shape index (κ1) is 28.2. The SMILES string of the molecule is [O-][Cl+3]([O-])([O-])OS1=C(c2ccccc2)C=C(N=c2cc(-c3ccccc3)sc(-c3ccccc3)c2)C=C1c1ccccc1. The van der Waals surface area contributed by atoms with E-state index in [1.165, 1.54) is 0 Å². The van der Waals surface area contributed by atoms with Crippen LogP contribution in [0.15, 0.2) is 156 Å². The molecular formula is C34H24ClNO4S2. The summed E-state index contributed by atoms with van der Waals surface area (Å²) in [5, 5.41) is 0.742. The van der Waals surface area contributed by atoms with Crippen LogP contribution in [-0.4, -0.2) is 4.86 Å². The Hall–Kier alpha value is -3.92. The van der Waals surface area contributed by atoms with Crippen molar-refractivity contribution in [1.82, 2.24) is 0 Å².